The van der Waals surface area contributed by atoms with Gasteiger partial charge in [0.15, 0.2) is 11.6 Å². The Hall–Kier alpha value is -4.06. The van der Waals surface area contributed by atoms with E-state index in [1.807, 2.05) is 0 Å². The summed E-state index contributed by atoms with van der Waals surface area (Å²) in [5.41, 5.74) is 1.52. The number of hydrogen-bond acceptors (Lipinski definition) is 4. The Morgan fingerprint density at radius 3 is 1.86 bits per heavy atom. The Bertz CT molecular complexity index is 1140. The van der Waals surface area contributed by atoms with Gasteiger partial charge in [-0.15, -0.1) is 0 Å². The van der Waals surface area contributed by atoms with E-state index in [1.54, 1.807) is 54.6 Å². The van der Waals surface area contributed by atoms with Crippen LogP contribution in [0.15, 0.2) is 66.7 Å². The number of benzene rings is 3. The lowest BCUT2D eigenvalue weighted by Crippen LogP contribution is -2.25. The van der Waals surface area contributed by atoms with Crippen molar-refractivity contribution in [2.75, 3.05) is 10.6 Å². The van der Waals surface area contributed by atoms with Crippen molar-refractivity contribution in [2.24, 2.45) is 0 Å². The highest BCUT2D eigenvalue weighted by atomic mass is 16.2. The van der Waals surface area contributed by atoms with Crippen molar-refractivity contribution in [3.8, 4) is 0 Å². The second kappa shape index (κ2) is 6.92. The van der Waals surface area contributed by atoms with Gasteiger partial charge in [0, 0.05) is 16.7 Å². The minimum Gasteiger partial charge on any atom is -0.328 e. The summed E-state index contributed by atoms with van der Waals surface area (Å²) in [4.78, 5) is 49.7. The number of hydrogen-bond donors (Lipinski definition) is 2. The Labute approximate surface area is 160 Å². The van der Waals surface area contributed by atoms with Gasteiger partial charge >= 0.3 is 0 Å². The van der Waals surface area contributed by atoms with Crippen molar-refractivity contribution in [3.05, 3.63) is 94.5 Å². The number of amides is 2. The van der Waals surface area contributed by atoms with Gasteiger partial charge in [0.25, 0.3) is 5.91 Å². The van der Waals surface area contributed by atoms with Crippen LogP contribution in [-0.2, 0) is 4.79 Å². The van der Waals surface area contributed by atoms with Crippen LogP contribution in [0, 0.1) is 0 Å². The predicted molar refractivity (Wildman–Crippen MR) is 104 cm³/mol. The summed E-state index contributed by atoms with van der Waals surface area (Å²) >= 11 is 0. The van der Waals surface area contributed by atoms with Crippen LogP contribution >= 0.6 is 0 Å². The standard InChI is InChI=1S/C22H14N2O4/c25-12-23-16-10-11-17(24-22(28)13-6-2-1-3-7-13)19-18(16)20(26)14-8-4-5-9-15(14)21(19)27/h1-12H,(H,23,25)(H,24,28). The Kier molecular flexibility index (Phi) is 4.29. The smallest absolute Gasteiger partial charge is 0.255 e. The van der Waals surface area contributed by atoms with Crippen LogP contribution in [0.1, 0.15) is 42.2 Å². The number of carbonyl (C=O) groups is 4. The van der Waals surface area contributed by atoms with Crippen molar-refractivity contribution in [3.63, 3.8) is 0 Å². The van der Waals surface area contributed by atoms with Crippen LogP contribution in [0.2, 0.25) is 0 Å². The van der Waals surface area contributed by atoms with Gasteiger partial charge in [-0.3, -0.25) is 19.2 Å². The average molecular weight is 370 g/mol. The first-order valence-corrected chi connectivity index (χ1v) is 8.54. The van der Waals surface area contributed by atoms with Crippen LogP contribution in [-0.4, -0.2) is 23.9 Å². The van der Waals surface area contributed by atoms with Crippen molar-refractivity contribution < 1.29 is 19.2 Å². The molecule has 2 N–H and O–H groups in total. The van der Waals surface area contributed by atoms with Gasteiger partial charge in [0.1, 0.15) is 0 Å². The van der Waals surface area contributed by atoms with Crippen LogP contribution in [0.4, 0.5) is 11.4 Å². The minimum absolute atomic E-state index is 0.0693. The molecule has 6 heteroatoms. The Balaban J connectivity index is 1.86. The summed E-state index contributed by atoms with van der Waals surface area (Å²) in [5, 5.41) is 5.17. The highest BCUT2D eigenvalue weighted by Crippen LogP contribution is 2.36. The molecule has 28 heavy (non-hydrogen) atoms. The van der Waals surface area contributed by atoms with Gasteiger partial charge < -0.3 is 10.6 Å². The zero-order chi connectivity index (χ0) is 19.7. The summed E-state index contributed by atoms with van der Waals surface area (Å²) in [7, 11) is 0. The molecule has 1 aliphatic carbocycles. The first-order chi connectivity index (χ1) is 13.6. The average Bonchev–Trinajstić information content (AvgIpc) is 2.73. The van der Waals surface area contributed by atoms with E-state index in [0.717, 1.165) is 0 Å². The molecule has 0 aromatic heterocycles. The SMILES string of the molecule is O=CNc1ccc(NC(=O)c2ccccc2)c2c1C(=O)c1ccccc1C2=O. The van der Waals surface area contributed by atoms with Crippen molar-refractivity contribution in [1.82, 2.24) is 0 Å². The normalized spacial score (nSPS) is 12.0. The predicted octanol–water partition coefficient (Wildman–Crippen LogP) is 3.28. The Morgan fingerprint density at radius 2 is 1.25 bits per heavy atom. The lowest BCUT2D eigenvalue weighted by atomic mass is 9.82. The van der Waals surface area contributed by atoms with E-state index in [1.165, 1.54) is 12.1 Å². The van der Waals surface area contributed by atoms with E-state index < -0.39 is 5.91 Å². The molecule has 0 heterocycles. The topological polar surface area (TPSA) is 92.3 Å². The van der Waals surface area contributed by atoms with Gasteiger partial charge in [-0.1, -0.05) is 42.5 Å². The molecule has 0 bridgehead atoms. The lowest BCUT2D eigenvalue weighted by molar-refractivity contribution is -0.105. The Morgan fingerprint density at radius 1 is 0.714 bits per heavy atom. The van der Waals surface area contributed by atoms with Gasteiger partial charge in [-0.2, -0.15) is 0 Å². The van der Waals surface area contributed by atoms with E-state index in [-0.39, 0.29) is 45.2 Å². The van der Waals surface area contributed by atoms with Crippen LogP contribution < -0.4 is 10.6 Å². The fourth-order valence-electron chi connectivity index (χ4n) is 3.29. The van der Waals surface area contributed by atoms with Crippen molar-refractivity contribution in [2.45, 2.75) is 0 Å². The third-order valence-corrected chi connectivity index (χ3v) is 4.57. The second-order valence-electron chi connectivity index (χ2n) is 6.20. The minimum atomic E-state index is -0.405. The second-order valence-corrected chi connectivity index (χ2v) is 6.20. The molecular weight excluding hydrogens is 356 g/mol. The summed E-state index contributed by atoms with van der Waals surface area (Å²) in [5.74, 6) is -1.17. The molecule has 136 valence electrons. The molecule has 4 rings (SSSR count). The first kappa shape index (κ1) is 17.4. The van der Waals surface area contributed by atoms with Gasteiger partial charge in [-0.05, 0) is 24.3 Å². The maximum absolute atomic E-state index is 13.1. The number of fused-ring (bicyclic) bond motifs is 2. The van der Waals surface area contributed by atoms with Gasteiger partial charge in [0.2, 0.25) is 6.41 Å². The van der Waals surface area contributed by atoms with E-state index in [2.05, 4.69) is 10.6 Å². The maximum Gasteiger partial charge on any atom is 0.255 e. The van der Waals surface area contributed by atoms with E-state index in [4.69, 9.17) is 0 Å². The molecule has 3 aromatic carbocycles. The number of anilines is 2. The number of rotatable bonds is 4. The molecule has 0 radical (unpaired) electrons. The molecule has 0 aliphatic heterocycles. The summed E-state index contributed by atoms with van der Waals surface area (Å²) < 4.78 is 0. The monoisotopic (exact) mass is 370 g/mol. The largest absolute Gasteiger partial charge is 0.328 e. The van der Waals surface area contributed by atoms with E-state index in [0.29, 0.717) is 12.0 Å². The molecule has 0 saturated heterocycles. The van der Waals surface area contributed by atoms with Gasteiger partial charge in [-0.25, -0.2) is 0 Å². The summed E-state index contributed by atoms with van der Waals surface area (Å²) in [6.45, 7) is 0. The number of ketones is 2. The quantitative estimate of drug-likeness (QED) is 0.539. The highest BCUT2D eigenvalue weighted by molar-refractivity contribution is 6.32. The molecule has 3 aromatic rings. The molecule has 0 unspecified atom stereocenters. The molecule has 0 atom stereocenters. The first-order valence-electron chi connectivity index (χ1n) is 8.54. The van der Waals surface area contributed by atoms with E-state index >= 15 is 0 Å². The van der Waals surface area contributed by atoms with Crippen molar-refractivity contribution in [1.29, 1.82) is 0 Å². The van der Waals surface area contributed by atoms with E-state index in [9.17, 15) is 19.2 Å². The van der Waals surface area contributed by atoms with Crippen LogP contribution in [0.5, 0.6) is 0 Å². The molecule has 2 amide bonds. The van der Waals surface area contributed by atoms with Crippen molar-refractivity contribution >= 4 is 35.3 Å². The molecule has 1 aliphatic rings. The zero-order valence-electron chi connectivity index (χ0n) is 14.6. The summed E-state index contributed by atoms with van der Waals surface area (Å²) in [6.07, 6.45) is 0.441. The van der Waals surface area contributed by atoms with Gasteiger partial charge in [0.05, 0.1) is 22.5 Å². The third kappa shape index (κ3) is 2.77. The number of carbonyl (C=O) groups excluding carboxylic acids is 4. The third-order valence-electron chi connectivity index (χ3n) is 4.57. The highest BCUT2D eigenvalue weighted by Gasteiger charge is 2.34. The molecule has 0 fully saturated rings. The summed E-state index contributed by atoms with van der Waals surface area (Å²) in [6, 6.07) is 18.0. The maximum atomic E-state index is 13.1. The molecule has 6 nitrogen and oxygen atoms in total. The lowest BCUT2D eigenvalue weighted by Gasteiger charge is -2.22. The zero-order valence-corrected chi connectivity index (χ0v) is 14.6. The van der Waals surface area contributed by atoms with Crippen LogP contribution in [0.25, 0.3) is 0 Å². The van der Waals surface area contributed by atoms with Crippen LogP contribution in [0.3, 0.4) is 0 Å². The fourth-order valence-corrected chi connectivity index (χ4v) is 3.29. The fraction of sp³-hybridized carbons (Fsp3) is 0. The number of nitrogens with one attached hydrogen (secondary N) is 2. The molecular formula is C22H14N2O4. The molecule has 0 spiro atoms. The molecule has 0 saturated carbocycles.